The quantitative estimate of drug-likeness (QED) is 0.470. The van der Waals surface area contributed by atoms with Crippen LogP contribution < -0.4 is 0 Å². The second kappa shape index (κ2) is 9.83. The molecule has 62 valence electrons. The fourth-order valence-corrected chi connectivity index (χ4v) is 2.20. The van der Waals surface area contributed by atoms with E-state index < -0.39 is 0 Å². The Morgan fingerprint density at radius 2 is 1.90 bits per heavy atom. The smallest absolute Gasteiger partial charge is 0.0122 e. The lowest BCUT2D eigenvalue weighted by Gasteiger charge is -1.97. The summed E-state index contributed by atoms with van der Waals surface area (Å²) in [5, 5.41) is 1.14. The minimum Gasteiger partial charge on any atom is -0.161 e. The Labute approximate surface area is 77.3 Å². The van der Waals surface area contributed by atoms with Gasteiger partial charge in [0.05, 0.1) is 0 Å². The van der Waals surface area contributed by atoms with E-state index in [1.165, 1.54) is 37.2 Å². The van der Waals surface area contributed by atoms with Crippen molar-refractivity contribution in [3.8, 4) is 0 Å². The molecule has 0 atom stereocenters. The van der Waals surface area contributed by atoms with Crippen molar-refractivity contribution in [1.82, 2.24) is 0 Å². The van der Waals surface area contributed by atoms with Gasteiger partial charge in [0, 0.05) is 11.1 Å². The Kier molecular flexibility index (Phi) is 10.6. The molecule has 0 saturated heterocycles. The molecule has 10 heavy (non-hydrogen) atoms. The minimum atomic E-state index is 1.14. The van der Waals surface area contributed by atoms with E-state index in [1.54, 1.807) is 0 Å². The molecule has 0 fully saturated rings. The zero-order valence-electron chi connectivity index (χ0n) is 6.74. The molecule has 0 heterocycles. The highest BCUT2D eigenvalue weighted by Crippen LogP contribution is 2.07. The maximum atomic E-state index is 3.41. The SMILES string of the molecule is CCCCCCSCCBr. The number of unbranched alkanes of at least 4 members (excludes halogenated alkanes) is 3. The first kappa shape index (κ1) is 10.8. The minimum absolute atomic E-state index is 1.14. The third kappa shape index (κ3) is 8.83. The highest BCUT2D eigenvalue weighted by atomic mass is 79.9. The van der Waals surface area contributed by atoms with Gasteiger partial charge in [0.15, 0.2) is 0 Å². The molecule has 0 rings (SSSR count). The lowest BCUT2D eigenvalue weighted by Crippen LogP contribution is -1.84. The summed E-state index contributed by atoms with van der Waals surface area (Å²) >= 11 is 5.47. The molecule has 0 aliphatic rings. The van der Waals surface area contributed by atoms with E-state index in [2.05, 4.69) is 34.6 Å². The van der Waals surface area contributed by atoms with Crippen molar-refractivity contribution in [2.24, 2.45) is 0 Å². The Morgan fingerprint density at radius 1 is 1.10 bits per heavy atom. The molecule has 0 spiro atoms. The number of alkyl halides is 1. The van der Waals surface area contributed by atoms with Crippen molar-refractivity contribution in [2.75, 3.05) is 16.8 Å². The van der Waals surface area contributed by atoms with E-state index in [0.29, 0.717) is 0 Å². The van der Waals surface area contributed by atoms with Gasteiger partial charge in [-0.2, -0.15) is 11.8 Å². The van der Waals surface area contributed by atoms with Gasteiger partial charge >= 0.3 is 0 Å². The van der Waals surface area contributed by atoms with Crippen LogP contribution in [0.3, 0.4) is 0 Å². The van der Waals surface area contributed by atoms with E-state index in [9.17, 15) is 0 Å². The number of rotatable bonds is 7. The molecule has 0 radical (unpaired) electrons. The average Bonchev–Trinajstić information content (AvgIpc) is 1.97. The third-order valence-electron chi connectivity index (χ3n) is 1.36. The predicted octanol–water partition coefficient (Wildman–Crippen LogP) is 3.69. The van der Waals surface area contributed by atoms with Crippen molar-refractivity contribution >= 4 is 27.7 Å². The van der Waals surface area contributed by atoms with Crippen molar-refractivity contribution in [3.63, 3.8) is 0 Å². The van der Waals surface area contributed by atoms with Gasteiger partial charge in [0.1, 0.15) is 0 Å². The van der Waals surface area contributed by atoms with Gasteiger partial charge in [0.25, 0.3) is 0 Å². The normalized spacial score (nSPS) is 10.2. The Bertz CT molecular complexity index is 49.2. The lowest BCUT2D eigenvalue weighted by atomic mass is 10.2. The summed E-state index contributed by atoms with van der Waals surface area (Å²) in [5.41, 5.74) is 0. The molecule has 0 aliphatic heterocycles. The van der Waals surface area contributed by atoms with Crippen molar-refractivity contribution in [1.29, 1.82) is 0 Å². The van der Waals surface area contributed by atoms with Crippen LogP contribution in [0.2, 0.25) is 0 Å². The van der Waals surface area contributed by atoms with Gasteiger partial charge in [-0.25, -0.2) is 0 Å². The van der Waals surface area contributed by atoms with Crippen LogP contribution in [0.15, 0.2) is 0 Å². The van der Waals surface area contributed by atoms with Crippen LogP contribution in [0.25, 0.3) is 0 Å². The molecule has 0 amide bonds. The summed E-state index contributed by atoms with van der Waals surface area (Å²) < 4.78 is 0. The summed E-state index contributed by atoms with van der Waals surface area (Å²) in [4.78, 5) is 0. The van der Waals surface area contributed by atoms with E-state index in [0.717, 1.165) is 5.33 Å². The summed E-state index contributed by atoms with van der Waals surface area (Å²) in [6, 6.07) is 0. The Morgan fingerprint density at radius 3 is 2.50 bits per heavy atom. The van der Waals surface area contributed by atoms with Gasteiger partial charge in [0.2, 0.25) is 0 Å². The fraction of sp³-hybridized carbons (Fsp3) is 1.00. The molecule has 0 aliphatic carbocycles. The Balaban J connectivity index is 2.65. The van der Waals surface area contributed by atoms with E-state index in [4.69, 9.17) is 0 Å². The van der Waals surface area contributed by atoms with E-state index >= 15 is 0 Å². The van der Waals surface area contributed by atoms with Crippen LogP contribution in [0.4, 0.5) is 0 Å². The average molecular weight is 225 g/mol. The largest absolute Gasteiger partial charge is 0.161 e. The maximum absolute atomic E-state index is 3.41. The van der Waals surface area contributed by atoms with E-state index in [-0.39, 0.29) is 0 Å². The second-order valence-electron chi connectivity index (χ2n) is 2.36. The molecular formula is C8H17BrS. The summed E-state index contributed by atoms with van der Waals surface area (Å²) in [6.07, 6.45) is 5.59. The summed E-state index contributed by atoms with van der Waals surface area (Å²) in [7, 11) is 0. The predicted molar refractivity (Wildman–Crippen MR) is 55.3 cm³/mol. The number of halogens is 1. The van der Waals surface area contributed by atoms with Crippen LogP contribution in [0.5, 0.6) is 0 Å². The highest BCUT2D eigenvalue weighted by Gasteiger charge is 1.87. The third-order valence-corrected chi connectivity index (χ3v) is 3.36. The molecule has 2 heteroatoms. The Hall–Kier alpha value is 0.830. The van der Waals surface area contributed by atoms with Gasteiger partial charge in [-0.05, 0) is 12.2 Å². The molecular weight excluding hydrogens is 208 g/mol. The van der Waals surface area contributed by atoms with Crippen LogP contribution in [-0.2, 0) is 0 Å². The number of hydrogen-bond donors (Lipinski definition) is 0. The number of thioether (sulfide) groups is 1. The van der Waals surface area contributed by atoms with Gasteiger partial charge in [-0.15, -0.1) is 0 Å². The van der Waals surface area contributed by atoms with Gasteiger partial charge in [-0.3, -0.25) is 0 Å². The standard InChI is InChI=1S/C8H17BrS/c1-2-3-4-5-7-10-8-6-9/h2-8H2,1H3. The second-order valence-corrected chi connectivity index (χ2v) is 4.38. The van der Waals surface area contributed by atoms with Gasteiger partial charge in [-0.1, -0.05) is 42.1 Å². The maximum Gasteiger partial charge on any atom is 0.0122 e. The van der Waals surface area contributed by atoms with Crippen molar-refractivity contribution in [2.45, 2.75) is 32.6 Å². The molecule has 0 bridgehead atoms. The first-order chi connectivity index (χ1) is 4.91. The lowest BCUT2D eigenvalue weighted by molar-refractivity contribution is 0.706. The molecule has 0 saturated carbocycles. The highest BCUT2D eigenvalue weighted by molar-refractivity contribution is 9.09. The van der Waals surface area contributed by atoms with Crippen LogP contribution >= 0.6 is 27.7 Å². The molecule has 0 aromatic carbocycles. The van der Waals surface area contributed by atoms with Gasteiger partial charge < -0.3 is 0 Å². The zero-order valence-corrected chi connectivity index (χ0v) is 9.14. The van der Waals surface area contributed by atoms with E-state index in [1.807, 2.05) is 0 Å². The van der Waals surface area contributed by atoms with Crippen molar-refractivity contribution < 1.29 is 0 Å². The molecule has 0 N–H and O–H groups in total. The summed E-state index contributed by atoms with van der Waals surface area (Å²) in [6.45, 7) is 2.26. The number of hydrogen-bond acceptors (Lipinski definition) is 1. The fourth-order valence-electron chi connectivity index (χ4n) is 0.788. The van der Waals surface area contributed by atoms with Crippen molar-refractivity contribution in [3.05, 3.63) is 0 Å². The molecule has 0 unspecified atom stereocenters. The summed E-state index contributed by atoms with van der Waals surface area (Å²) in [5.74, 6) is 2.62. The first-order valence-corrected chi connectivity index (χ1v) is 6.33. The zero-order chi connectivity index (χ0) is 7.66. The molecule has 0 nitrogen and oxygen atoms in total. The molecule has 0 aromatic heterocycles. The topological polar surface area (TPSA) is 0 Å². The van der Waals surface area contributed by atoms with Crippen LogP contribution in [0.1, 0.15) is 32.6 Å². The first-order valence-electron chi connectivity index (χ1n) is 4.05. The van der Waals surface area contributed by atoms with Crippen LogP contribution in [0, 0.1) is 0 Å². The van der Waals surface area contributed by atoms with Crippen LogP contribution in [-0.4, -0.2) is 16.8 Å². The monoisotopic (exact) mass is 224 g/mol. The molecule has 0 aromatic rings.